The SMILES string of the molecule is N#Cc1ccc2cnn(-c3ccc(C(=O)N4CCC(F)(F)CC4)cn3)c2c1. The predicted octanol–water partition coefficient (Wildman–Crippen LogP) is 3.16. The molecule has 0 spiro atoms. The molecule has 0 unspecified atom stereocenters. The molecular weight excluding hydrogens is 352 g/mol. The van der Waals surface area contributed by atoms with Gasteiger partial charge in [-0.1, -0.05) is 0 Å². The number of rotatable bonds is 2. The third-order valence-corrected chi connectivity index (χ3v) is 4.69. The summed E-state index contributed by atoms with van der Waals surface area (Å²) in [5, 5.41) is 14.2. The first-order chi connectivity index (χ1) is 13.0. The Morgan fingerprint density at radius 1 is 1.15 bits per heavy atom. The lowest BCUT2D eigenvalue weighted by molar-refractivity contribution is -0.0494. The number of carbonyl (C=O) groups is 1. The lowest BCUT2D eigenvalue weighted by Crippen LogP contribution is -2.42. The molecule has 3 aromatic rings. The van der Waals surface area contributed by atoms with Crippen molar-refractivity contribution in [1.82, 2.24) is 19.7 Å². The van der Waals surface area contributed by atoms with Crippen LogP contribution < -0.4 is 0 Å². The molecule has 0 atom stereocenters. The van der Waals surface area contributed by atoms with Gasteiger partial charge in [0.1, 0.15) is 0 Å². The lowest BCUT2D eigenvalue weighted by Gasteiger charge is -2.31. The smallest absolute Gasteiger partial charge is 0.255 e. The van der Waals surface area contributed by atoms with Gasteiger partial charge in [0.05, 0.1) is 28.9 Å². The fraction of sp³-hybridized carbons (Fsp3) is 0.263. The Labute approximate surface area is 153 Å². The summed E-state index contributed by atoms with van der Waals surface area (Å²) < 4.78 is 28.1. The summed E-state index contributed by atoms with van der Waals surface area (Å²) in [5.41, 5.74) is 1.59. The highest BCUT2D eigenvalue weighted by molar-refractivity contribution is 5.94. The van der Waals surface area contributed by atoms with Gasteiger partial charge in [-0.3, -0.25) is 4.79 Å². The van der Waals surface area contributed by atoms with Crippen molar-refractivity contribution in [2.45, 2.75) is 18.8 Å². The van der Waals surface area contributed by atoms with Crippen LogP contribution in [0.25, 0.3) is 16.7 Å². The number of hydrogen-bond acceptors (Lipinski definition) is 4. The third kappa shape index (κ3) is 3.24. The van der Waals surface area contributed by atoms with Gasteiger partial charge in [-0.2, -0.15) is 10.4 Å². The minimum Gasteiger partial charge on any atom is -0.338 e. The molecule has 4 rings (SSSR count). The minimum absolute atomic E-state index is 0.0360. The summed E-state index contributed by atoms with van der Waals surface area (Å²) in [6.07, 6.45) is 2.47. The van der Waals surface area contributed by atoms with E-state index in [1.807, 2.05) is 0 Å². The van der Waals surface area contributed by atoms with Crippen molar-refractivity contribution < 1.29 is 13.6 Å². The molecular formula is C19H15F2N5O. The van der Waals surface area contributed by atoms with Gasteiger partial charge in [-0.25, -0.2) is 18.4 Å². The van der Waals surface area contributed by atoms with Gasteiger partial charge in [0, 0.05) is 37.5 Å². The van der Waals surface area contributed by atoms with Gasteiger partial charge in [0.15, 0.2) is 5.82 Å². The number of nitriles is 1. The van der Waals surface area contributed by atoms with Gasteiger partial charge >= 0.3 is 0 Å². The van der Waals surface area contributed by atoms with Gasteiger partial charge in [0.25, 0.3) is 11.8 Å². The van der Waals surface area contributed by atoms with Crippen LogP contribution in [0.2, 0.25) is 0 Å². The van der Waals surface area contributed by atoms with Crippen LogP contribution in [-0.4, -0.2) is 44.6 Å². The summed E-state index contributed by atoms with van der Waals surface area (Å²) in [5.74, 6) is -2.49. The molecule has 136 valence electrons. The van der Waals surface area contributed by atoms with Crippen LogP contribution >= 0.6 is 0 Å². The number of pyridine rings is 1. The Morgan fingerprint density at radius 2 is 1.93 bits per heavy atom. The largest absolute Gasteiger partial charge is 0.338 e. The first-order valence-corrected chi connectivity index (χ1v) is 8.48. The summed E-state index contributed by atoms with van der Waals surface area (Å²) in [7, 11) is 0. The Kier molecular flexibility index (Phi) is 4.07. The Hall–Kier alpha value is -3.34. The van der Waals surface area contributed by atoms with Crippen LogP contribution in [0.5, 0.6) is 0 Å². The maximum atomic E-state index is 13.3. The van der Waals surface area contributed by atoms with Crippen molar-refractivity contribution in [2.24, 2.45) is 0 Å². The van der Waals surface area contributed by atoms with Crippen molar-refractivity contribution in [3.63, 3.8) is 0 Å². The fourth-order valence-electron chi connectivity index (χ4n) is 3.13. The monoisotopic (exact) mass is 367 g/mol. The lowest BCUT2D eigenvalue weighted by atomic mass is 10.1. The highest BCUT2D eigenvalue weighted by atomic mass is 19.3. The van der Waals surface area contributed by atoms with Gasteiger partial charge in [-0.15, -0.1) is 0 Å². The average molecular weight is 367 g/mol. The zero-order valence-corrected chi connectivity index (χ0v) is 14.3. The van der Waals surface area contributed by atoms with E-state index < -0.39 is 5.92 Å². The number of alkyl halides is 2. The molecule has 1 aliphatic heterocycles. The van der Waals surface area contributed by atoms with Crippen molar-refractivity contribution in [3.8, 4) is 11.9 Å². The van der Waals surface area contributed by atoms with Crippen LogP contribution in [0.4, 0.5) is 8.78 Å². The second kappa shape index (κ2) is 6.43. The van der Waals surface area contributed by atoms with Crippen molar-refractivity contribution >= 4 is 16.8 Å². The molecule has 1 amide bonds. The number of hydrogen-bond donors (Lipinski definition) is 0. The first-order valence-electron chi connectivity index (χ1n) is 8.48. The van der Waals surface area contributed by atoms with Crippen LogP contribution in [0.1, 0.15) is 28.8 Å². The number of benzene rings is 1. The molecule has 0 saturated carbocycles. The van der Waals surface area contributed by atoms with Crippen molar-refractivity contribution in [3.05, 3.63) is 53.9 Å². The minimum atomic E-state index is -2.69. The van der Waals surface area contributed by atoms with Gasteiger partial charge in [-0.05, 0) is 30.3 Å². The Bertz CT molecular complexity index is 1040. The molecule has 2 aromatic heterocycles. The molecule has 1 aromatic carbocycles. The Morgan fingerprint density at radius 3 is 2.59 bits per heavy atom. The molecule has 6 nitrogen and oxygen atoms in total. The molecule has 8 heteroatoms. The van der Waals surface area contributed by atoms with Crippen molar-refractivity contribution in [2.75, 3.05) is 13.1 Å². The fourth-order valence-corrected chi connectivity index (χ4v) is 3.13. The highest BCUT2D eigenvalue weighted by Gasteiger charge is 2.35. The standard InChI is InChI=1S/C19H15F2N5O/c20-19(21)5-7-25(8-6-19)18(27)15-3-4-17(23-11-15)26-16-9-13(10-22)1-2-14(16)12-24-26/h1-4,9,11-12H,5-8H2. The van der Waals surface area contributed by atoms with Crippen LogP contribution in [0.15, 0.2) is 42.7 Å². The molecule has 0 bridgehead atoms. The number of likely N-dealkylation sites (tertiary alicyclic amines) is 1. The predicted molar refractivity (Wildman–Crippen MR) is 93.7 cm³/mol. The van der Waals surface area contributed by atoms with E-state index in [2.05, 4.69) is 16.2 Å². The number of halogens is 2. The third-order valence-electron chi connectivity index (χ3n) is 4.69. The zero-order valence-electron chi connectivity index (χ0n) is 14.3. The van der Waals surface area contributed by atoms with E-state index in [-0.39, 0.29) is 31.8 Å². The summed E-state index contributed by atoms with van der Waals surface area (Å²) in [4.78, 5) is 18.2. The number of carbonyl (C=O) groups excluding carboxylic acids is 1. The average Bonchev–Trinajstić information content (AvgIpc) is 3.10. The quantitative estimate of drug-likeness (QED) is 0.697. The van der Waals surface area contributed by atoms with Gasteiger partial charge < -0.3 is 4.90 Å². The van der Waals surface area contributed by atoms with E-state index in [1.54, 1.807) is 41.2 Å². The number of piperidine rings is 1. The van der Waals surface area contributed by atoms with Crippen LogP contribution in [0, 0.1) is 11.3 Å². The van der Waals surface area contributed by atoms with E-state index in [9.17, 15) is 13.6 Å². The number of nitrogens with zero attached hydrogens (tertiary/aromatic N) is 5. The zero-order chi connectivity index (χ0) is 19.0. The van der Waals surface area contributed by atoms with Crippen LogP contribution in [-0.2, 0) is 0 Å². The molecule has 0 N–H and O–H groups in total. The summed E-state index contributed by atoms with van der Waals surface area (Å²) >= 11 is 0. The second-order valence-corrected chi connectivity index (χ2v) is 6.49. The van der Waals surface area contributed by atoms with E-state index in [0.29, 0.717) is 16.9 Å². The summed E-state index contributed by atoms with van der Waals surface area (Å²) in [6, 6.07) is 10.6. The molecule has 0 radical (unpaired) electrons. The Balaban J connectivity index is 1.58. The van der Waals surface area contributed by atoms with E-state index in [1.165, 1.54) is 11.1 Å². The van der Waals surface area contributed by atoms with E-state index >= 15 is 0 Å². The van der Waals surface area contributed by atoms with Gasteiger partial charge in [0.2, 0.25) is 0 Å². The molecule has 1 aliphatic rings. The molecule has 1 saturated heterocycles. The number of aromatic nitrogens is 3. The maximum Gasteiger partial charge on any atom is 0.255 e. The molecule has 27 heavy (non-hydrogen) atoms. The molecule has 0 aliphatic carbocycles. The van der Waals surface area contributed by atoms with Crippen LogP contribution in [0.3, 0.4) is 0 Å². The van der Waals surface area contributed by atoms with Crippen molar-refractivity contribution in [1.29, 1.82) is 5.26 Å². The first kappa shape index (κ1) is 17.1. The number of amides is 1. The molecule has 1 fully saturated rings. The van der Waals surface area contributed by atoms with E-state index in [0.717, 1.165) is 10.9 Å². The highest BCUT2D eigenvalue weighted by Crippen LogP contribution is 2.28. The number of fused-ring (bicyclic) bond motifs is 1. The maximum absolute atomic E-state index is 13.3. The summed E-state index contributed by atoms with van der Waals surface area (Å²) in [6.45, 7) is 0.0721. The normalized spacial score (nSPS) is 16.3. The van der Waals surface area contributed by atoms with E-state index in [4.69, 9.17) is 5.26 Å². The topological polar surface area (TPSA) is 74.8 Å². The second-order valence-electron chi connectivity index (χ2n) is 6.49. The molecule has 3 heterocycles.